The molecule has 2 aromatic carbocycles. The SMILES string of the molecule is CCc1ccc(C(=O)OCCNC(=O)CCc2ccc(C)cc2)cc1S(=O)(=O)N1CCOCC1. The average Bonchev–Trinajstić information content (AvgIpc) is 2.86. The Morgan fingerprint density at radius 2 is 1.79 bits per heavy atom. The quantitative estimate of drug-likeness (QED) is 0.407. The first-order valence-electron chi connectivity index (χ1n) is 11.5. The predicted molar refractivity (Wildman–Crippen MR) is 128 cm³/mol. The summed E-state index contributed by atoms with van der Waals surface area (Å²) in [5.74, 6) is -0.752. The van der Waals surface area contributed by atoms with Crippen LogP contribution >= 0.6 is 0 Å². The third kappa shape index (κ3) is 6.88. The van der Waals surface area contributed by atoms with Gasteiger partial charge in [0.1, 0.15) is 6.61 Å². The number of nitrogens with zero attached hydrogens (tertiary/aromatic N) is 1. The zero-order chi connectivity index (χ0) is 24.6. The summed E-state index contributed by atoms with van der Waals surface area (Å²) < 4.78 is 38.1. The van der Waals surface area contributed by atoms with Crippen LogP contribution in [0.1, 0.15) is 40.4 Å². The van der Waals surface area contributed by atoms with Crippen LogP contribution in [0.3, 0.4) is 0 Å². The number of aryl methyl sites for hydroxylation is 3. The van der Waals surface area contributed by atoms with Gasteiger partial charge in [0.05, 0.1) is 30.2 Å². The lowest BCUT2D eigenvalue weighted by atomic mass is 10.1. The van der Waals surface area contributed by atoms with E-state index in [0.29, 0.717) is 38.0 Å². The molecule has 184 valence electrons. The Balaban J connectivity index is 1.52. The van der Waals surface area contributed by atoms with Gasteiger partial charge in [0, 0.05) is 19.5 Å². The van der Waals surface area contributed by atoms with E-state index in [1.165, 1.54) is 15.9 Å². The molecule has 0 unspecified atom stereocenters. The number of carbonyl (C=O) groups is 2. The molecule has 0 aliphatic carbocycles. The van der Waals surface area contributed by atoms with Gasteiger partial charge in [0.25, 0.3) is 0 Å². The van der Waals surface area contributed by atoms with Crippen molar-refractivity contribution in [2.24, 2.45) is 0 Å². The number of sulfonamides is 1. The monoisotopic (exact) mass is 488 g/mol. The topological polar surface area (TPSA) is 102 Å². The number of morpholine rings is 1. The molecule has 0 atom stereocenters. The minimum Gasteiger partial charge on any atom is -0.460 e. The van der Waals surface area contributed by atoms with Gasteiger partial charge < -0.3 is 14.8 Å². The third-order valence-corrected chi connectivity index (χ3v) is 7.67. The van der Waals surface area contributed by atoms with E-state index in [1.54, 1.807) is 12.1 Å². The molecule has 1 fully saturated rings. The number of rotatable bonds is 10. The highest BCUT2D eigenvalue weighted by Gasteiger charge is 2.29. The molecule has 0 radical (unpaired) electrons. The fourth-order valence-corrected chi connectivity index (χ4v) is 5.39. The fourth-order valence-electron chi connectivity index (χ4n) is 3.66. The van der Waals surface area contributed by atoms with Crippen molar-refractivity contribution in [3.05, 3.63) is 64.7 Å². The zero-order valence-electron chi connectivity index (χ0n) is 19.7. The maximum absolute atomic E-state index is 13.1. The Kier molecular flexibility index (Phi) is 9.20. The smallest absolute Gasteiger partial charge is 0.338 e. The lowest BCUT2D eigenvalue weighted by molar-refractivity contribution is -0.121. The lowest BCUT2D eigenvalue weighted by Gasteiger charge is -2.27. The van der Waals surface area contributed by atoms with Crippen LogP contribution in [-0.4, -0.2) is 64.1 Å². The minimum atomic E-state index is -3.74. The van der Waals surface area contributed by atoms with Crippen LogP contribution in [0.25, 0.3) is 0 Å². The number of benzene rings is 2. The Bertz CT molecular complexity index is 1090. The van der Waals surface area contributed by atoms with Crippen molar-refractivity contribution in [1.29, 1.82) is 0 Å². The summed E-state index contributed by atoms with van der Waals surface area (Å²) in [5, 5.41) is 2.74. The number of hydrogen-bond acceptors (Lipinski definition) is 6. The Morgan fingerprint density at radius 3 is 2.47 bits per heavy atom. The van der Waals surface area contributed by atoms with Gasteiger partial charge in [-0.05, 0) is 43.0 Å². The molecule has 0 bridgehead atoms. The second-order valence-electron chi connectivity index (χ2n) is 8.16. The van der Waals surface area contributed by atoms with Gasteiger partial charge in [0.2, 0.25) is 15.9 Å². The standard InChI is InChI=1S/C25H32N2O6S/c1-3-21-9-10-22(18-23(21)34(30,31)27-13-16-32-17-14-27)25(29)33-15-12-26-24(28)11-8-20-6-4-19(2)5-7-20/h4-7,9-10,18H,3,8,11-17H2,1-2H3,(H,26,28). The van der Waals surface area contributed by atoms with Crippen molar-refractivity contribution in [3.63, 3.8) is 0 Å². The summed E-state index contributed by atoms with van der Waals surface area (Å²) in [5.41, 5.74) is 3.06. The normalized spacial score (nSPS) is 14.5. The van der Waals surface area contributed by atoms with Crippen LogP contribution in [0.2, 0.25) is 0 Å². The molecule has 0 saturated carbocycles. The van der Waals surface area contributed by atoms with Crippen molar-refractivity contribution in [1.82, 2.24) is 9.62 Å². The Labute approximate surface area is 201 Å². The molecular weight excluding hydrogens is 456 g/mol. The van der Waals surface area contributed by atoms with Crippen LogP contribution in [0, 0.1) is 6.92 Å². The molecule has 0 spiro atoms. The highest BCUT2D eigenvalue weighted by molar-refractivity contribution is 7.89. The van der Waals surface area contributed by atoms with Crippen molar-refractivity contribution >= 4 is 21.9 Å². The Hall–Kier alpha value is -2.75. The fraction of sp³-hybridized carbons (Fsp3) is 0.440. The highest BCUT2D eigenvalue weighted by Crippen LogP contribution is 2.24. The largest absolute Gasteiger partial charge is 0.460 e. The number of nitrogens with one attached hydrogen (secondary N) is 1. The number of hydrogen-bond donors (Lipinski definition) is 1. The second-order valence-corrected chi connectivity index (χ2v) is 10.1. The third-order valence-electron chi connectivity index (χ3n) is 5.69. The number of ether oxygens (including phenoxy) is 2. The number of esters is 1. The summed E-state index contributed by atoms with van der Waals surface area (Å²) in [7, 11) is -3.74. The molecule has 3 rings (SSSR count). The number of carbonyl (C=O) groups excluding carboxylic acids is 2. The van der Waals surface area contributed by atoms with Crippen LogP contribution in [0.4, 0.5) is 0 Å². The molecule has 8 nitrogen and oxygen atoms in total. The molecule has 1 aliphatic rings. The predicted octanol–water partition coefficient (Wildman–Crippen LogP) is 2.48. The summed E-state index contributed by atoms with van der Waals surface area (Å²) in [6.45, 7) is 5.32. The van der Waals surface area contributed by atoms with Gasteiger partial charge in [-0.1, -0.05) is 42.8 Å². The first-order chi connectivity index (χ1) is 16.3. The molecule has 1 saturated heterocycles. The molecule has 0 aromatic heterocycles. The molecule has 34 heavy (non-hydrogen) atoms. The Morgan fingerprint density at radius 1 is 1.09 bits per heavy atom. The van der Waals surface area contributed by atoms with Gasteiger partial charge in [-0.25, -0.2) is 13.2 Å². The molecule has 1 aliphatic heterocycles. The van der Waals surface area contributed by atoms with Crippen LogP contribution in [-0.2, 0) is 37.1 Å². The molecule has 1 N–H and O–H groups in total. The van der Waals surface area contributed by atoms with Gasteiger partial charge in [-0.3, -0.25) is 4.79 Å². The van der Waals surface area contributed by atoms with E-state index in [1.807, 2.05) is 38.1 Å². The molecule has 1 amide bonds. The van der Waals surface area contributed by atoms with Gasteiger partial charge in [-0.2, -0.15) is 4.31 Å². The zero-order valence-corrected chi connectivity index (χ0v) is 20.5. The second kappa shape index (κ2) is 12.1. The minimum absolute atomic E-state index is 0.00379. The molecule has 2 aromatic rings. The van der Waals surface area contributed by atoms with Crippen molar-refractivity contribution < 1.29 is 27.5 Å². The van der Waals surface area contributed by atoms with Crippen LogP contribution in [0.15, 0.2) is 47.4 Å². The van der Waals surface area contributed by atoms with E-state index in [9.17, 15) is 18.0 Å². The van der Waals surface area contributed by atoms with Gasteiger partial charge in [-0.15, -0.1) is 0 Å². The maximum atomic E-state index is 13.1. The molecule has 9 heteroatoms. The average molecular weight is 489 g/mol. The van der Waals surface area contributed by atoms with Gasteiger partial charge >= 0.3 is 5.97 Å². The number of amides is 1. The lowest BCUT2D eigenvalue weighted by Crippen LogP contribution is -2.41. The van der Waals surface area contributed by atoms with Gasteiger partial charge in [0.15, 0.2) is 0 Å². The first kappa shape index (κ1) is 25.9. The summed E-state index contributed by atoms with van der Waals surface area (Å²) in [6, 6.07) is 12.6. The van der Waals surface area contributed by atoms with Crippen LogP contribution in [0.5, 0.6) is 0 Å². The van der Waals surface area contributed by atoms with E-state index in [-0.39, 0.29) is 42.6 Å². The van der Waals surface area contributed by atoms with Crippen molar-refractivity contribution in [2.75, 3.05) is 39.5 Å². The summed E-state index contributed by atoms with van der Waals surface area (Å²) in [6.07, 6.45) is 1.50. The molecule has 1 heterocycles. The van der Waals surface area contributed by atoms with E-state index in [0.717, 1.165) is 5.56 Å². The van der Waals surface area contributed by atoms with E-state index in [4.69, 9.17) is 9.47 Å². The summed E-state index contributed by atoms with van der Waals surface area (Å²) >= 11 is 0. The van der Waals surface area contributed by atoms with Crippen molar-refractivity contribution in [3.8, 4) is 0 Å². The van der Waals surface area contributed by atoms with Crippen molar-refractivity contribution in [2.45, 2.75) is 38.0 Å². The highest BCUT2D eigenvalue weighted by atomic mass is 32.2. The summed E-state index contributed by atoms with van der Waals surface area (Å²) in [4.78, 5) is 24.7. The van der Waals surface area contributed by atoms with E-state index in [2.05, 4.69) is 5.32 Å². The van der Waals surface area contributed by atoms with E-state index >= 15 is 0 Å². The van der Waals surface area contributed by atoms with E-state index < -0.39 is 16.0 Å². The molecular formula is C25H32N2O6S. The van der Waals surface area contributed by atoms with Crippen LogP contribution < -0.4 is 5.32 Å². The first-order valence-corrected chi connectivity index (χ1v) is 13.0. The maximum Gasteiger partial charge on any atom is 0.338 e.